The fourth-order valence-electron chi connectivity index (χ4n) is 5.53. The highest BCUT2D eigenvalue weighted by molar-refractivity contribution is 5.94. The van der Waals surface area contributed by atoms with Crippen LogP contribution in [0.4, 0.5) is 0 Å². The maximum atomic E-state index is 11.6. The molecule has 0 aliphatic heterocycles. The lowest BCUT2D eigenvalue weighted by atomic mass is 9.48. The van der Waals surface area contributed by atoms with Gasteiger partial charge in [0, 0.05) is 5.56 Å². The van der Waals surface area contributed by atoms with Crippen LogP contribution in [0.2, 0.25) is 0 Å². The summed E-state index contributed by atoms with van der Waals surface area (Å²) in [5.41, 5.74) is 2.77. The molecule has 4 aliphatic rings. The van der Waals surface area contributed by atoms with Gasteiger partial charge in [-0.3, -0.25) is 4.79 Å². The first-order chi connectivity index (χ1) is 9.14. The van der Waals surface area contributed by atoms with Crippen molar-refractivity contribution in [2.45, 2.75) is 50.9 Å². The van der Waals surface area contributed by atoms with Gasteiger partial charge in [-0.05, 0) is 80.2 Å². The first-order valence-corrected chi connectivity index (χ1v) is 7.76. The van der Waals surface area contributed by atoms with E-state index in [2.05, 4.69) is 18.2 Å². The second-order valence-corrected chi connectivity index (χ2v) is 7.33. The van der Waals surface area contributed by atoms with Crippen LogP contribution >= 0.6 is 0 Å². The zero-order valence-corrected chi connectivity index (χ0v) is 11.7. The zero-order chi connectivity index (χ0) is 13.0. The second kappa shape index (κ2) is 3.94. The van der Waals surface area contributed by atoms with E-state index in [-0.39, 0.29) is 5.78 Å². The summed E-state index contributed by atoms with van der Waals surface area (Å²) in [4.78, 5) is 11.6. The molecule has 1 nitrogen and oxygen atoms in total. The van der Waals surface area contributed by atoms with Crippen molar-refractivity contribution in [2.24, 2.45) is 17.8 Å². The van der Waals surface area contributed by atoms with Crippen molar-refractivity contribution in [2.75, 3.05) is 0 Å². The molecule has 0 unspecified atom stereocenters. The Hall–Kier alpha value is -1.11. The van der Waals surface area contributed by atoms with Gasteiger partial charge >= 0.3 is 0 Å². The van der Waals surface area contributed by atoms with Crippen molar-refractivity contribution >= 4 is 5.78 Å². The van der Waals surface area contributed by atoms with Gasteiger partial charge in [0.2, 0.25) is 0 Å². The highest BCUT2D eigenvalue weighted by Gasteiger charge is 2.51. The van der Waals surface area contributed by atoms with Crippen LogP contribution in [0.3, 0.4) is 0 Å². The first kappa shape index (κ1) is 11.7. The fraction of sp³-hybridized carbons (Fsp3) is 0.611. The van der Waals surface area contributed by atoms with Crippen LogP contribution in [-0.4, -0.2) is 5.78 Å². The number of carbonyl (C=O) groups is 1. The Bertz CT molecular complexity index is 493. The normalized spacial score (nSPS) is 39.5. The van der Waals surface area contributed by atoms with E-state index < -0.39 is 0 Å². The Morgan fingerprint density at radius 2 is 1.63 bits per heavy atom. The lowest BCUT2D eigenvalue weighted by Gasteiger charge is -2.57. The summed E-state index contributed by atoms with van der Waals surface area (Å²) in [5.74, 6) is 3.10. The summed E-state index contributed by atoms with van der Waals surface area (Å²) in [6.45, 7) is 1.68. The molecule has 0 aromatic heterocycles. The molecule has 100 valence electrons. The van der Waals surface area contributed by atoms with E-state index in [4.69, 9.17) is 0 Å². The van der Waals surface area contributed by atoms with E-state index in [9.17, 15) is 4.79 Å². The van der Waals surface area contributed by atoms with Gasteiger partial charge in [0.1, 0.15) is 0 Å². The molecule has 1 heteroatoms. The quantitative estimate of drug-likeness (QED) is 0.717. The van der Waals surface area contributed by atoms with Crippen molar-refractivity contribution in [3.05, 3.63) is 35.4 Å². The molecule has 4 saturated carbocycles. The second-order valence-electron chi connectivity index (χ2n) is 7.33. The molecule has 4 aliphatic carbocycles. The maximum absolute atomic E-state index is 11.6. The van der Waals surface area contributed by atoms with E-state index in [1.807, 2.05) is 6.07 Å². The summed E-state index contributed by atoms with van der Waals surface area (Å²) in [6, 6.07) is 8.52. The highest BCUT2D eigenvalue weighted by Crippen LogP contribution is 2.60. The molecule has 4 bridgehead atoms. The van der Waals surface area contributed by atoms with E-state index in [1.54, 1.807) is 6.92 Å². The highest BCUT2D eigenvalue weighted by atomic mass is 16.1. The number of ketones is 1. The van der Waals surface area contributed by atoms with Crippen LogP contribution in [0, 0.1) is 17.8 Å². The Balaban J connectivity index is 1.75. The van der Waals surface area contributed by atoms with Crippen molar-refractivity contribution in [1.29, 1.82) is 0 Å². The lowest BCUT2D eigenvalue weighted by Crippen LogP contribution is -2.48. The summed E-state index contributed by atoms with van der Waals surface area (Å²) >= 11 is 0. The standard InChI is InChI=1S/C18H22O/c1-12(19)16-3-2-4-17(8-16)18-9-13-5-14(10-18)7-15(6-13)11-18/h2-4,8,13-15H,5-7,9-11H2,1H3. The van der Waals surface area contributed by atoms with Crippen molar-refractivity contribution in [3.63, 3.8) is 0 Å². The minimum atomic E-state index is 0.201. The molecule has 0 radical (unpaired) electrons. The third-order valence-corrected chi connectivity index (χ3v) is 5.92. The average molecular weight is 254 g/mol. The monoisotopic (exact) mass is 254 g/mol. The van der Waals surface area contributed by atoms with Crippen molar-refractivity contribution in [1.82, 2.24) is 0 Å². The summed E-state index contributed by atoms with van der Waals surface area (Å²) < 4.78 is 0. The molecule has 4 fully saturated rings. The Morgan fingerprint density at radius 3 is 2.16 bits per heavy atom. The maximum Gasteiger partial charge on any atom is 0.159 e. The molecule has 0 N–H and O–H groups in total. The number of Topliss-reactive ketones (excluding diaryl/α,β-unsaturated/α-hetero) is 1. The van der Waals surface area contributed by atoms with Gasteiger partial charge in [0.25, 0.3) is 0 Å². The average Bonchev–Trinajstić information content (AvgIpc) is 2.37. The van der Waals surface area contributed by atoms with Gasteiger partial charge in [0.05, 0.1) is 0 Å². The minimum Gasteiger partial charge on any atom is -0.295 e. The zero-order valence-electron chi connectivity index (χ0n) is 11.7. The number of rotatable bonds is 2. The SMILES string of the molecule is CC(=O)c1cccc(C23CC4CC(CC(C4)C2)C3)c1. The molecular weight excluding hydrogens is 232 g/mol. The summed E-state index contributed by atoms with van der Waals surface area (Å²) in [5, 5.41) is 0. The number of carbonyl (C=O) groups excluding carboxylic acids is 1. The van der Waals surface area contributed by atoms with Gasteiger partial charge in [-0.15, -0.1) is 0 Å². The summed E-state index contributed by atoms with van der Waals surface area (Å²) in [7, 11) is 0. The lowest BCUT2D eigenvalue weighted by molar-refractivity contribution is -0.00520. The van der Waals surface area contributed by atoms with Crippen LogP contribution in [0.1, 0.15) is 61.4 Å². The van der Waals surface area contributed by atoms with Crippen LogP contribution in [0.25, 0.3) is 0 Å². The topological polar surface area (TPSA) is 17.1 Å². The fourth-order valence-corrected chi connectivity index (χ4v) is 5.53. The number of hydrogen-bond donors (Lipinski definition) is 0. The molecule has 1 aromatic carbocycles. The molecule has 0 heterocycles. The predicted octanol–water partition coefficient (Wildman–Crippen LogP) is 4.36. The molecule has 0 amide bonds. The van der Waals surface area contributed by atoms with Crippen LogP contribution in [0.15, 0.2) is 24.3 Å². The minimum absolute atomic E-state index is 0.201. The van der Waals surface area contributed by atoms with Gasteiger partial charge in [-0.2, -0.15) is 0 Å². The number of benzene rings is 1. The van der Waals surface area contributed by atoms with Crippen LogP contribution in [0.5, 0.6) is 0 Å². The number of hydrogen-bond acceptors (Lipinski definition) is 1. The van der Waals surface area contributed by atoms with Crippen molar-refractivity contribution in [3.8, 4) is 0 Å². The smallest absolute Gasteiger partial charge is 0.159 e. The van der Waals surface area contributed by atoms with E-state index in [0.717, 1.165) is 23.3 Å². The summed E-state index contributed by atoms with van der Waals surface area (Å²) in [6.07, 6.45) is 8.56. The van der Waals surface area contributed by atoms with Crippen LogP contribution in [-0.2, 0) is 5.41 Å². The van der Waals surface area contributed by atoms with Gasteiger partial charge < -0.3 is 0 Å². The van der Waals surface area contributed by atoms with E-state index in [0.29, 0.717) is 5.41 Å². The van der Waals surface area contributed by atoms with E-state index in [1.165, 1.54) is 44.1 Å². The predicted molar refractivity (Wildman–Crippen MR) is 76.3 cm³/mol. The Kier molecular flexibility index (Phi) is 2.43. The van der Waals surface area contributed by atoms with Gasteiger partial charge in [-0.1, -0.05) is 18.2 Å². The molecule has 0 spiro atoms. The van der Waals surface area contributed by atoms with Gasteiger partial charge in [0.15, 0.2) is 5.78 Å². The Labute approximate surface area is 115 Å². The molecule has 0 atom stereocenters. The van der Waals surface area contributed by atoms with E-state index >= 15 is 0 Å². The Morgan fingerprint density at radius 1 is 1.05 bits per heavy atom. The molecule has 1 aromatic rings. The first-order valence-electron chi connectivity index (χ1n) is 7.76. The molecule has 5 rings (SSSR count). The third kappa shape index (κ3) is 1.78. The third-order valence-electron chi connectivity index (χ3n) is 5.92. The molecule has 0 saturated heterocycles. The molecular formula is C18H22O. The van der Waals surface area contributed by atoms with Gasteiger partial charge in [-0.25, -0.2) is 0 Å². The molecule has 19 heavy (non-hydrogen) atoms. The van der Waals surface area contributed by atoms with Crippen LogP contribution < -0.4 is 0 Å². The largest absolute Gasteiger partial charge is 0.295 e. The van der Waals surface area contributed by atoms with Crippen molar-refractivity contribution < 1.29 is 4.79 Å².